The Bertz CT molecular complexity index is 538. The van der Waals surface area contributed by atoms with Gasteiger partial charge in [0.2, 0.25) is 0 Å². The molecular formula is C14H17F3N2S. The molecule has 2 rings (SSSR count). The molecule has 1 aliphatic rings. The Labute approximate surface area is 121 Å². The van der Waals surface area contributed by atoms with Gasteiger partial charge in [0.05, 0.1) is 5.56 Å². The van der Waals surface area contributed by atoms with E-state index in [2.05, 4.69) is 18.7 Å². The van der Waals surface area contributed by atoms with Gasteiger partial charge < -0.3 is 10.6 Å². The molecule has 0 amide bonds. The lowest BCUT2D eigenvalue weighted by Crippen LogP contribution is -2.38. The molecule has 0 aromatic heterocycles. The van der Waals surface area contributed by atoms with E-state index < -0.39 is 11.7 Å². The molecule has 0 spiro atoms. The maximum absolute atomic E-state index is 12.9. The van der Waals surface area contributed by atoms with Crippen molar-refractivity contribution in [3.05, 3.63) is 29.3 Å². The molecule has 1 aromatic carbocycles. The van der Waals surface area contributed by atoms with Gasteiger partial charge >= 0.3 is 6.18 Å². The number of thiocarbonyl (C=S) groups is 1. The number of rotatable bonds is 2. The normalized spacial score (nSPS) is 18.4. The third kappa shape index (κ3) is 2.75. The number of anilines is 1. The number of benzene rings is 1. The molecule has 2 nitrogen and oxygen atoms in total. The van der Waals surface area contributed by atoms with Gasteiger partial charge in [0, 0.05) is 23.3 Å². The van der Waals surface area contributed by atoms with Crippen LogP contribution >= 0.6 is 12.2 Å². The highest BCUT2D eigenvalue weighted by Crippen LogP contribution is 2.38. The number of hydrogen-bond acceptors (Lipinski definition) is 2. The molecule has 6 heteroatoms. The smallest absolute Gasteiger partial charge is 0.389 e. The molecule has 0 aliphatic carbocycles. The molecule has 1 saturated heterocycles. The van der Waals surface area contributed by atoms with Gasteiger partial charge in [0.15, 0.2) is 0 Å². The Hall–Kier alpha value is -1.30. The van der Waals surface area contributed by atoms with E-state index in [1.54, 1.807) is 0 Å². The molecular weight excluding hydrogens is 285 g/mol. The highest BCUT2D eigenvalue weighted by atomic mass is 32.1. The van der Waals surface area contributed by atoms with Crippen molar-refractivity contribution in [3.63, 3.8) is 0 Å². The third-order valence-corrected chi connectivity index (χ3v) is 4.01. The van der Waals surface area contributed by atoms with Gasteiger partial charge in [-0.2, -0.15) is 13.2 Å². The molecule has 2 N–H and O–H groups in total. The van der Waals surface area contributed by atoms with Gasteiger partial charge in [-0.3, -0.25) is 0 Å². The fourth-order valence-electron chi connectivity index (χ4n) is 2.74. The zero-order chi connectivity index (χ0) is 15.1. The number of halogens is 3. The fraction of sp³-hybridized carbons (Fsp3) is 0.500. The SMILES string of the molecule is CC1(C)CCCN1c1ccc(C(F)(F)F)c(C(N)=S)c1. The first-order valence-corrected chi connectivity index (χ1v) is 6.82. The Morgan fingerprint density at radius 2 is 2.00 bits per heavy atom. The van der Waals surface area contributed by atoms with Gasteiger partial charge in [0.1, 0.15) is 4.99 Å². The van der Waals surface area contributed by atoms with Crippen LogP contribution < -0.4 is 10.6 Å². The zero-order valence-corrected chi connectivity index (χ0v) is 12.2. The second-order valence-corrected chi connectivity index (χ2v) is 6.10. The lowest BCUT2D eigenvalue weighted by molar-refractivity contribution is -0.137. The summed E-state index contributed by atoms with van der Waals surface area (Å²) in [7, 11) is 0. The van der Waals surface area contributed by atoms with Crippen molar-refractivity contribution in [3.8, 4) is 0 Å². The van der Waals surface area contributed by atoms with Crippen molar-refractivity contribution in [1.82, 2.24) is 0 Å². The molecule has 20 heavy (non-hydrogen) atoms. The number of nitrogens with zero attached hydrogens (tertiary/aromatic N) is 1. The van der Waals surface area contributed by atoms with E-state index in [1.165, 1.54) is 12.1 Å². The molecule has 0 atom stereocenters. The summed E-state index contributed by atoms with van der Waals surface area (Å²) >= 11 is 4.77. The maximum Gasteiger partial charge on any atom is 0.417 e. The molecule has 110 valence electrons. The summed E-state index contributed by atoms with van der Waals surface area (Å²) in [5.41, 5.74) is 5.26. The van der Waals surface area contributed by atoms with E-state index in [9.17, 15) is 13.2 Å². The Morgan fingerprint density at radius 3 is 2.45 bits per heavy atom. The standard InChI is InChI=1S/C14H17F3N2S/c1-13(2)6-3-7-19(13)9-4-5-11(14(15,16)17)10(8-9)12(18)20/h4-5,8H,3,6-7H2,1-2H3,(H2,18,20). The van der Waals surface area contributed by atoms with Crippen molar-refractivity contribution in [2.24, 2.45) is 5.73 Å². The van der Waals surface area contributed by atoms with Crippen molar-refractivity contribution in [2.45, 2.75) is 38.4 Å². The first-order valence-electron chi connectivity index (χ1n) is 6.41. The average molecular weight is 302 g/mol. The van der Waals surface area contributed by atoms with Crippen LogP contribution in [-0.4, -0.2) is 17.1 Å². The van der Waals surface area contributed by atoms with E-state index in [1.807, 2.05) is 0 Å². The number of nitrogens with two attached hydrogens (primary N) is 1. The summed E-state index contributed by atoms with van der Waals surface area (Å²) in [4.78, 5) is 1.88. The zero-order valence-electron chi connectivity index (χ0n) is 11.4. The largest absolute Gasteiger partial charge is 0.417 e. The van der Waals surface area contributed by atoms with E-state index in [4.69, 9.17) is 18.0 Å². The third-order valence-electron chi connectivity index (χ3n) is 3.79. The predicted octanol–water partition coefficient (Wildman–Crippen LogP) is 3.72. The minimum Gasteiger partial charge on any atom is -0.389 e. The minimum absolute atomic E-state index is 0.0623. The molecule has 0 radical (unpaired) electrons. The molecule has 0 unspecified atom stereocenters. The van der Waals surface area contributed by atoms with Crippen LogP contribution in [0.1, 0.15) is 37.8 Å². The first-order chi connectivity index (χ1) is 9.13. The molecule has 0 bridgehead atoms. The quantitative estimate of drug-likeness (QED) is 0.844. The van der Waals surface area contributed by atoms with E-state index in [0.29, 0.717) is 0 Å². The molecule has 1 fully saturated rings. The average Bonchev–Trinajstić information content (AvgIpc) is 2.67. The molecule has 1 aromatic rings. The Balaban J connectivity index is 2.49. The van der Waals surface area contributed by atoms with Crippen LogP contribution in [0, 0.1) is 0 Å². The Kier molecular flexibility index (Phi) is 3.71. The monoisotopic (exact) mass is 302 g/mol. The van der Waals surface area contributed by atoms with Crippen LogP contribution in [0.3, 0.4) is 0 Å². The number of hydrogen-bond donors (Lipinski definition) is 1. The van der Waals surface area contributed by atoms with Crippen molar-refractivity contribution >= 4 is 22.9 Å². The van der Waals surface area contributed by atoms with E-state index >= 15 is 0 Å². The molecule has 1 heterocycles. The Morgan fingerprint density at radius 1 is 1.35 bits per heavy atom. The first kappa shape index (κ1) is 15.1. The second-order valence-electron chi connectivity index (χ2n) is 5.66. The summed E-state index contributed by atoms with van der Waals surface area (Å²) in [6.07, 6.45) is -2.41. The lowest BCUT2D eigenvalue weighted by atomic mass is 10.00. The summed E-state index contributed by atoms with van der Waals surface area (Å²) in [5, 5.41) is 0. The maximum atomic E-state index is 12.9. The molecule has 0 saturated carbocycles. The van der Waals surface area contributed by atoms with Crippen LogP contribution in [-0.2, 0) is 6.18 Å². The fourth-order valence-corrected chi connectivity index (χ4v) is 2.91. The number of alkyl halides is 3. The van der Waals surface area contributed by atoms with Crippen LogP contribution in [0.2, 0.25) is 0 Å². The van der Waals surface area contributed by atoms with Gasteiger partial charge in [-0.25, -0.2) is 0 Å². The van der Waals surface area contributed by atoms with E-state index in [0.717, 1.165) is 31.1 Å². The van der Waals surface area contributed by atoms with Crippen LogP contribution in [0.15, 0.2) is 18.2 Å². The van der Waals surface area contributed by atoms with Gasteiger partial charge in [-0.15, -0.1) is 0 Å². The van der Waals surface area contributed by atoms with Gasteiger partial charge in [-0.1, -0.05) is 12.2 Å². The highest BCUT2D eigenvalue weighted by Gasteiger charge is 2.36. The summed E-state index contributed by atoms with van der Waals surface area (Å²) in [5.74, 6) is 0. The highest BCUT2D eigenvalue weighted by molar-refractivity contribution is 7.80. The predicted molar refractivity (Wildman–Crippen MR) is 78.0 cm³/mol. The van der Waals surface area contributed by atoms with Crippen LogP contribution in [0.4, 0.5) is 18.9 Å². The van der Waals surface area contributed by atoms with Crippen LogP contribution in [0.25, 0.3) is 0 Å². The van der Waals surface area contributed by atoms with Crippen molar-refractivity contribution < 1.29 is 13.2 Å². The van der Waals surface area contributed by atoms with Gasteiger partial charge in [-0.05, 0) is 44.9 Å². The summed E-state index contributed by atoms with van der Waals surface area (Å²) < 4.78 is 38.8. The molecule has 1 aliphatic heterocycles. The summed E-state index contributed by atoms with van der Waals surface area (Å²) in [6.45, 7) is 4.99. The topological polar surface area (TPSA) is 29.3 Å². The van der Waals surface area contributed by atoms with Crippen molar-refractivity contribution in [2.75, 3.05) is 11.4 Å². The minimum atomic E-state index is -4.45. The second kappa shape index (κ2) is 4.91. The van der Waals surface area contributed by atoms with E-state index in [-0.39, 0.29) is 16.1 Å². The lowest BCUT2D eigenvalue weighted by Gasteiger charge is -2.34. The van der Waals surface area contributed by atoms with Gasteiger partial charge in [0.25, 0.3) is 0 Å². The summed E-state index contributed by atoms with van der Waals surface area (Å²) in [6, 6.07) is 4.02. The van der Waals surface area contributed by atoms with Crippen molar-refractivity contribution in [1.29, 1.82) is 0 Å². The van der Waals surface area contributed by atoms with Crippen LogP contribution in [0.5, 0.6) is 0 Å².